The molecule has 0 bridgehead atoms. The van der Waals surface area contributed by atoms with Gasteiger partial charge in [0.05, 0.1) is 6.54 Å². The second kappa shape index (κ2) is 6.46. The van der Waals surface area contributed by atoms with Crippen molar-refractivity contribution in [3.05, 3.63) is 45.9 Å². The molecule has 11 heteroatoms. The number of rotatable bonds is 3. The van der Waals surface area contributed by atoms with Crippen LogP contribution in [0.25, 0.3) is 0 Å². The molecule has 0 saturated carbocycles. The van der Waals surface area contributed by atoms with E-state index in [1.54, 1.807) is 0 Å². The van der Waals surface area contributed by atoms with Crippen LogP contribution in [0, 0.1) is 0 Å². The number of nitrogens with zero attached hydrogens (tertiary/aromatic N) is 4. The van der Waals surface area contributed by atoms with Crippen molar-refractivity contribution in [1.82, 2.24) is 19.3 Å². The molecular weight excluding hydrogens is 357 g/mol. The van der Waals surface area contributed by atoms with Gasteiger partial charge in [-0.2, -0.15) is 18.3 Å². The second-order valence-corrected chi connectivity index (χ2v) is 6.03. The maximum atomic E-state index is 12.6. The van der Waals surface area contributed by atoms with Crippen LogP contribution in [0.2, 0.25) is 0 Å². The number of carbonyl (C=O) groups is 1. The molecule has 0 spiro atoms. The first-order chi connectivity index (χ1) is 12.2. The second-order valence-electron chi connectivity index (χ2n) is 6.03. The third-order valence-electron chi connectivity index (χ3n) is 4.16. The van der Waals surface area contributed by atoms with Gasteiger partial charge in [0.2, 0.25) is 0 Å². The molecule has 0 saturated heterocycles. The van der Waals surface area contributed by atoms with Crippen LogP contribution >= 0.6 is 0 Å². The predicted octanol–water partition coefficient (Wildman–Crippen LogP) is 2.60. The van der Waals surface area contributed by atoms with Crippen molar-refractivity contribution in [3.63, 3.8) is 0 Å². The highest BCUT2D eigenvalue weighted by Gasteiger charge is 2.33. The Bertz CT molecular complexity index is 872. The number of aromatic nitrogens is 4. The van der Waals surface area contributed by atoms with Gasteiger partial charge in [0.15, 0.2) is 6.23 Å². The maximum absolute atomic E-state index is 12.6. The Balaban J connectivity index is 1.90. The van der Waals surface area contributed by atoms with E-state index in [0.29, 0.717) is 24.2 Å². The molecule has 26 heavy (non-hydrogen) atoms. The Morgan fingerprint density at radius 3 is 2.69 bits per heavy atom. The fraction of sp³-hybridized carbons (Fsp3) is 0.467. The summed E-state index contributed by atoms with van der Waals surface area (Å²) in [6.45, 7) is 1.76. The Kier molecular flexibility index (Phi) is 4.46. The van der Waals surface area contributed by atoms with Crippen molar-refractivity contribution in [2.24, 2.45) is 0 Å². The van der Waals surface area contributed by atoms with E-state index in [1.165, 1.54) is 10.6 Å². The van der Waals surface area contributed by atoms with Gasteiger partial charge in [-0.3, -0.25) is 4.98 Å². The van der Waals surface area contributed by atoms with Crippen LogP contribution < -0.4 is 5.69 Å². The summed E-state index contributed by atoms with van der Waals surface area (Å²) >= 11 is 0. The van der Waals surface area contributed by atoms with Crippen LogP contribution in [-0.2, 0) is 17.5 Å². The highest BCUT2D eigenvalue weighted by Crippen LogP contribution is 2.31. The normalized spacial score (nSPS) is 19.8. The monoisotopic (exact) mass is 372 g/mol. The minimum Gasteiger partial charge on any atom is -0.450 e. The topological polar surface area (TPSA) is 99.2 Å². The molecule has 0 aliphatic carbocycles. The zero-order chi connectivity index (χ0) is 19.1. The van der Waals surface area contributed by atoms with Crippen molar-refractivity contribution in [3.8, 4) is 0 Å². The first-order valence-corrected chi connectivity index (χ1v) is 7.77. The molecule has 0 aromatic carbocycles. The SMILES string of the molecule is CC1CCC(OC(=O)O)n2c1nn(Cc1ccc(C(F)(F)F)nc1)c2=O. The molecule has 2 unspecified atom stereocenters. The Hall–Kier alpha value is -2.85. The van der Waals surface area contributed by atoms with E-state index in [2.05, 4.69) is 10.1 Å². The molecular formula is C15H15F3N4O4. The third-order valence-corrected chi connectivity index (χ3v) is 4.16. The molecule has 2 atom stereocenters. The van der Waals surface area contributed by atoms with Gasteiger partial charge < -0.3 is 9.84 Å². The largest absolute Gasteiger partial charge is 0.507 e. The standard InChI is InChI=1S/C15H15F3N4O4/c1-8-2-5-11(26-14(24)25)22-12(8)20-21(13(22)23)7-9-3-4-10(19-6-9)15(16,17)18/h3-4,6,8,11H,2,5,7H2,1H3,(H,24,25). The van der Waals surface area contributed by atoms with Gasteiger partial charge in [0.1, 0.15) is 11.5 Å². The number of alkyl halides is 3. The van der Waals surface area contributed by atoms with Gasteiger partial charge in [-0.15, -0.1) is 0 Å². The number of halogens is 3. The molecule has 8 nitrogen and oxygen atoms in total. The van der Waals surface area contributed by atoms with Crippen molar-refractivity contribution < 1.29 is 27.8 Å². The molecule has 0 radical (unpaired) electrons. The lowest BCUT2D eigenvalue weighted by atomic mass is 10.0. The molecule has 140 valence electrons. The fourth-order valence-electron chi connectivity index (χ4n) is 2.88. The number of pyridine rings is 1. The summed E-state index contributed by atoms with van der Waals surface area (Å²) in [6.07, 6.45) is -5.04. The van der Waals surface area contributed by atoms with Gasteiger partial charge >= 0.3 is 18.0 Å². The summed E-state index contributed by atoms with van der Waals surface area (Å²) in [5.41, 5.74) is -1.25. The van der Waals surface area contributed by atoms with Crippen LogP contribution in [0.5, 0.6) is 0 Å². The van der Waals surface area contributed by atoms with E-state index in [4.69, 9.17) is 9.84 Å². The van der Waals surface area contributed by atoms with Gasteiger partial charge in [-0.05, 0) is 18.1 Å². The zero-order valence-electron chi connectivity index (χ0n) is 13.6. The first kappa shape index (κ1) is 18.0. The number of ether oxygens (including phenoxy) is 1. The van der Waals surface area contributed by atoms with Gasteiger partial charge in [-0.25, -0.2) is 18.8 Å². The predicted molar refractivity (Wildman–Crippen MR) is 80.6 cm³/mol. The van der Waals surface area contributed by atoms with Crippen molar-refractivity contribution >= 4 is 6.16 Å². The van der Waals surface area contributed by atoms with Gasteiger partial charge in [0, 0.05) is 18.5 Å². The number of hydrogen-bond acceptors (Lipinski definition) is 5. The smallest absolute Gasteiger partial charge is 0.450 e. The van der Waals surface area contributed by atoms with E-state index in [-0.39, 0.29) is 12.5 Å². The molecule has 1 aliphatic heterocycles. The van der Waals surface area contributed by atoms with E-state index < -0.39 is 29.9 Å². The molecule has 2 aromatic heterocycles. The molecule has 1 N–H and O–H groups in total. The third kappa shape index (κ3) is 3.41. The van der Waals surface area contributed by atoms with E-state index in [1.807, 2.05) is 6.92 Å². The van der Waals surface area contributed by atoms with Crippen LogP contribution in [0.4, 0.5) is 18.0 Å². The minimum absolute atomic E-state index is 0.0803. The summed E-state index contributed by atoms with van der Waals surface area (Å²) in [5.74, 6) is 0.302. The molecule has 3 rings (SSSR count). The first-order valence-electron chi connectivity index (χ1n) is 7.77. The fourth-order valence-corrected chi connectivity index (χ4v) is 2.88. The molecule has 2 aromatic rings. The summed E-state index contributed by atoms with van der Waals surface area (Å²) in [5, 5.41) is 13.0. The maximum Gasteiger partial charge on any atom is 0.507 e. The Labute approximate surface area is 144 Å². The van der Waals surface area contributed by atoms with Gasteiger partial charge in [0.25, 0.3) is 0 Å². The lowest BCUT2D eigenvalue weighted by molar-refractivity contribution is -0.141. The summed E-state index contributed by atoms with van der Waals surface area (Å²) in [6, 6.07) is 2.05. The van der Waals surface area contributed by atoms with Crippen molar-refractivity contribution in [2.75, 3.05) is 0 Å². The number of carboxylic acid groups (broad SMARTS) is 1. The minimum atomic E-state index is -4.54. The highest BCUT2D eigenvalue weighted by atomic mass is 19.4. The molecule has 3 heterocycles. The van der Waals surface area contributed by atoms with Crippen LogP contribution in [0.15, 0.2) is 23.1 Å². The lowest BCUT2D eigenvalue weighted by Gasteiger charge is -2.25. The number of fused-ring (bicyclic) bond motifs is 1. The lowest BCUT2D eigenvalue weighted by Crippen LogP contribution is -2.33. The van der Waals surface area contributed by atoms with Crippen LogP contribution in [0.1, 0.15) is 49.0 Å². The average Bonchev–Trinajstić information content (AvgIpc) is 2.88. The quantitative estimate of drug-likeness (QED) is 0.832. The van der Waals surface area contributed by atoms with E-state index >= 15 is 0 Å². The van der Waals surface area contributed by atoms with Crippen molar-refractivity contribution in [1.29, 1.82) is 0 Å². The summed E-state index contributed by atoms with van der Waals surface area (Å²) in [7, 11) is 0. The Morgan fingerprint density at radius 1 is 1.38 bits per heavy atom. The zero-order valence-corrected chi connectivity index (χ0v) is 13.6. The average molecular weight is 372 g/mol. The Morgan fingerprint density at radius 2 is 2.12 bits per heavy atom. The van der Waals surface area contributed by atoms with Crippen LogP contribution in [-0.4, -0.2) is 30.6 Å². The highest BCUT2D eigenvalue weighted by molar-refractivity contribution is 5.56. The van der Waals surface area contributed by atoms with Crippen LogP contribution in [0.3, 0.4) is 0 Å². The molecule has 0 amide bonds. The molecule has 1 aliphatic rings. The molecule has 0 fully saturated rings. The van der Waals surface area contributed by atoms with E-state index in [0.717, 1.165) is 16.9 Å². The van der Waals surface area contributed by atoms with E-state index in [9.17, 15) is 22.8 Å². The van der Waals surface area contributed by atoms with Gasteiger partial charge in [-0.1, -0.05) is 13.0 Å². The summed E-state index contributed by atoms with van der Waals surface area (Å²) in [4.78, 5) is 26.7. The number of hydrogen-bond donors (Lipinski definition) is 1. The van der Waals surface area contributed by atoms with Crippen molar-refractivity contribution in [2.45, 2.75) is 44.6 Å². The summed E-state index contributed by atoms with van der Waals surface area (Å²) < 4.78 is 44.7.